The second kappa shape index (κ2) is 7.01. The Bertz CT molecular complexity index is 439. The van der Waals surface area contributed by atoms with Crippen LogP contribution in [0, 0.1) is 0 Å². The van der Waals surface area contributed by atoms with Gasteiger partial charge in [-0.2, -0.15) is 0 Å². The van der Waals surface area contributed by atoms with Crippen molar-refractivity contribution in [3.8, 4) is 0 Å². The monoisotopic (exact) mass is 288 g/mol. The van der Waals surface area contributed by atoms with Crippen LogP contribution < -0.4 is 10.6 Å². The molecule has 21 heavy (non-hydrogen) atoms. The van der Waals surface area contributed by atoms with Crippen molar-refractivity contribution in [1.29, 1.82) is 0 Å². The summed E-state index contributed by atoms with van der Waals surface area (Å²) in [5.41, 5.74) is 7.60. The van der Waals surface area contributed by atoms with Crippen molar-refractivity contribution >= 4 is 11.6 Å². The van der Waals surface area contributed by atoms with Gasteiger partial charge < -0.3 is 15.6 Å². The molecule has 0 saturated heterocycles. The van der Waals surface area contributed by atoms with Gasteiger partial charge in [-0.15, -0.1) is 0 Å². The lowest BCUT2D eigenvalue weighted by Gasteiger charge is -2.35. The number of aliphatic imine (C=N–C) groups is 1. The molecule has 3 rings (SSSR count). The number of rotatable bonds is 3. The highest BCUT2D eigenvalue weighted by Crippen LogP contribution is 2.28. The molecule has 0 bridgehead atoms. The van der Waals surface area contributed by atoms with Gasteiger partial charge in [-0.1, -0.05) is 38.5 Å². The number of hydrogen-bond donors (Lipinski definition) is 2. The summed E-state index contributed by atoms with van der Waals surface area (Å²) in [6, 6.07) is 3.06. The highest BCUT2D eigenvalue weighted by Gasteiger charge is 2.25. The summed E-state index contributed by atoms with van der Waals surface area (Å²) in [7, 11) is 0. The van der Waals surface area contributed by atoms with E-state index in [1.807, 2.05) is 12.4 Å². The lowest BCUT2D eigenvalue weighted by Crippen LogP contribution is -2.46. The van der Waals surface area contributed by atoms with Crippen molar-refractivity contribution in [3.63, 3.8) is 0 Å². The van der Waals surface area contributed by atoms with Crippen LogP contribution in [0.5, 0.6) is 0 Å². The van der Waals surface area contributed by atoms with Gasteiger partial charge in [-0.3, -0.25) is 0 Å². The number of hydrogen-bond acceptors (Lipinski definition) is 1. The molecular weight excluding hydrogens is 260 g/mol. The van der Waals surface area contributed by atoms with Crippen LogP contribution >= 0.6 is 0 Å². The van der Waals surface area contributed by atoms with Crippen molar-refractivity contribution < 1.29 is 0 Å². The summed E-state index contributed by atoms with van der Waals surface area (Å²) in [5.74, 6) is 0.730. The minimum atomic E-state index is 0.434. The molecule has 2 aliphatic carbocycles. The second-order valence-electron chi connectivity index (χ2n) is 6.51. The summed E-state index contributed by atoms with van der Waals surface area (Å²) in [5, 5.41) is 0. The lowest BCUT2D eigenvalue weighted by molar-refractivity contribution is 0.430. The van der Waals surface area contributed by atoms with E-state index in [0.717, 1.165) is 5.96 Å². The molecule has 116 valence electrons. The van der Waals surface area contributed by atoms with E-state index in [1.165, 1.54) is 69.9 Å². The van der Waals surface area contributed by atoms with Gasteiger partial charge >= 0.3 is 0 Å². The quantitative estimate of drug-likeness (QED) is 0.656. The fourth-order valence-electron chi connectivity index (χ4n) is 3.79. The molecular formula is C17H28N4. The average Bonchev–Trinajstić information content (AvgIpc) is 3.03. The number of aromatic amines is 1. The van der Waals surface area contributed by atoms with Crippen molar-refractivity contribution in [1.82, 2.24) is 4.98 Å². The third-order valence-electron chi connectivity index (χ3n) is 4.94. The van der Waals surface area contributed by atoms with Crippen LogP contribution in [0.3, 0.4) is 0 Å². The Morgan fingerprint density at radius 1 is 1.05 bits per heavy atom. The Labute approximate surface area is 127 Å². The molecule has 1 heterocycles. The molecule has 0 aromatic carbocycles. The zero-order valence-corrected chi connectivity index (χ0v) is 12.9. The van der Waals surface area contributed by atoms with E-state index >= 15 is 0 Å². The van der Waals surface area contributed by atoms with E-state index in [4.69, 9.17) is 10.7 Å². The fraction of sp³-hybridized carbons (Fsp3) is 0.706. The first-order chi connectivity index (χ1) is 10.3. The first-order valence-corrected chi connectivity index (χ1v) is 8.60. The summed E-state index contributed by atoms with van der Waals surface area (Å²) < 4.78 is 0. The molecule has 1 aromatic heterocycles. The van der Waals surface area contributed by atoms with Gasteiger partial charge in [-0.25, -0.2) is 4.99 Å². The van der Waals surface area contributed by atoms with E-state index in [2.05, 4.69) is 16.0 Å². The summed E-state index contributed by atoms with van der Waals surface area (Å²) in [6.07, 6.45) is 16.8. The molecule has 2 aliphatic rings. The maximum atomic E-state index is 6.43. The third kappa shape index (κ3) is 3.60. The largest absolute Gasteiger partial charge is 0.369 e. The Morgan fingerprint density at radius 2 is 1.71 bits per heavy atom. The van der Waals surface area contributed by atoms with Gasteiger partial charge in [-0.05, 0) is 31.7 Å². The van der Waals surface area contributed by atoms with Crippen molar-refractivity contribution in [2.45, 2.75) is 76.3 Å². The number of nitrogens with two attached hydrogens (primary N) is 1. The van der Waals surface area contributed by atoms with Crippen LogP contribution in [0.2, 0.25) is 0 Å². The van der Waals surface area contributed by atoms with Gasteiger partial charge in [0.15, 0.2) is 5.96 Å². The van der Waals surface area contributed by atoms with Crippen LogP contribution in [-0.4, -0.2) is 23.0 Å². The Kier molecular flexibility index (Phi) is 4.84. The van der Waals surface area contributed by atoms with E-state index in [1.54, 1.807) is 0 Å². The maximum Gasteiger partial charge on any atom is 0.196 e. The Morgan fingerprint density at radius 3 is 2.33 bits per heavy atom. The molecule has 1 aromatic rings. The SMILES string of the molecule is NC(=NC1CCCCC1)N(c1cc[nH]c1)C1CCCCC1. The first-order valence-electron chi connectivity index (χ1n) is 8.60. The number of H-pyrrole nitrogens is 1. The predicted molar refractivity (Wildman–Crippen MR) is 88.6 cm³/mol. The smallest absolute Gasteiger partial charge is 0.196 e. The molecule has 0 amide bonds. The molecule has 0 aliphatic heterocycles. The molecule has 0 radical (unpaired) electrons. The fourth-order valence-corrected chi connectivity index (χ4v) is 3.79. The minimum absolute atomic E-state index is 0.434. The Balaban J connectivity index is 1.78. The van der Waals surface area contributed by atoms with Crippen molar-refractivity contribution in [2.24, 2.45) is 10.7 Å². The topological polar surface area (TPSA) is 57.4 Å². The summed E-state index contributed by atoms with van der Waals surface area (Å²) >= 11 is 0. The van der Waals surface area contributed by atoms with E-state index in [0.29, 0.717) is 12.1 Å². The zero-order chi connectivity index (χ0) is 14.5. The number of nitrogens with zero attached hydrogens (tertiary/aromatic N) is 2. The van der Waals surface area contributed by atoms with Gasteiger partial charge in [0.05, 0.1) is 11.7 Å². The number of anilines is 1. The van der Waals surface area contributed by atoms with E-state index in [9.17, 15) is 0 Å². The molecule has 0 spiro atoms. The van der Waals surface area contributed by atoms with E-state index in [-0.39, 0.29) is 0 Å². The number of guanidine groups is 1. The minimum Gasteiger partial charge on any atom is -0.369 e. The molecule has 2 saturated carbocycles. The van der Waals surface area contributed by atoms with Crippen molar-refractivity contribution in [3.05, 3.63) is 18.5 Å². The van der Waals surface area contributed by atoms with Crippen LogP contribution in [0.25, 0.3) is 0 Å². The zero-order valence-electron chi connectivity index (χ0n) is 12.9. The highest BCUT2D eigenvalue weighted by molar-refractivity contribution is 5.95. The van der Waals surface area contributed by atoms with Crippen LogP contribution in [0.4, 0.5) is 5.69 Å². The predicted octanol–water partition coefficient (Wildman–Crippen LogP) is 3.80. The second-order valence-corrected chi connectivity index (χ2v) is 6.51. The van der Waals surface area contributed by atoms with Gasteiger partial charge in [0.2, 0.25) is 0 Å². The summed E-state index contributed by atoms with van der Waals surface area (Å²) in [6.45, 7) is 0. The van der Waals surface area contributed by atoms with Gasteiger partial charge in [0.25, 0.3) is 0 Å². The van der Waals surface area contributed by atoms with E-state index < -0.39 is 0 Å². The Hall–Kier alpha value is -1.45. The van der Waals surface area contributed by atoms with Crippen LogP contribution in [0.1, 0.15) is 64.2 Å². The number of aromatic nitrogens is 1. The molecule has 2 fully saturated rings. The number of nitrogens with one attached hydrogen (secondary N) is 1. The molecule has 0 atom stereocenters. The van der Waals surface area contributed by atoms with Crippen molar-refractivity contribution in [2.75, 3.05) is 4.90 Å². The standard InChI is InChI=1S/C17H28N4/c18-17(20-14-7-3-1-4-8-14)21(16-11-12-19-13-16)15-9-5-2-6-10-15/h11-15,19H,1-10H2,(H2,18,20). The highest BCUT2D eigenvalue weighted by atomic mass is 15.3. The van der Waals surface area contributed by atoms with Crippen LogP contribution in [-0.2, 0) is 0 Å². The lowest BCUT2D eigenvalue weighted by atomic mass is 9.94. The molecule has 3 N–H and O–H groups in total. The maximum absolute atomic E-state index is 6.43. The third-order valence-corrected chi connectivity index (χ3v) is 4.94. The first kappa shape index (κ1) is 14.5. The van der Waals surface area contributed by atoms with Gasteiger partial charge in [0.1, 0.15) is 0 Å². The molecule has 4 nitrogen and oxygen atoms in total. The van der Waals surface area contributed by atoms with Crippen LogP contribution in [0.15, 0.2) is 23.5 Å². The van der Waals surface area contributed by atoms with Gasteiger partial charge in [0, 0.05) is 18.4 Å². The summed E-state index contributed by atoms with van der Waals surface area (Å²) in [4.78, 5) is 10.3. The molecule has 4 heteroatoms. The normalized spacial score (nSPS) is 22.4. The molecule has 0 unspecified atom stereocenters. The average molecular weight is 288 g/mol.